The first kappa shape index (κ1) is 13.1. The first-order valence-corrected chi connectivity index (χ1v) is 5.85. The summed E-state index contributed by atoms with van der Waals surface area (Å²) in [4.78, 5) is 4.30. The second kappa shape index (κ2) is 6.61. The summed E-state index contributed by atoms with van der Waals surface area (Å²) >= 11 is 0. The largest absolute Gasteiger partial charge is 0.390 e. The summed E-state index contributed by atoms with van der Waals surface area (Å²) in [6, 6.07) is 4.02. The highest BCUT2D eigenvalue weighted by Crippen LogP contribution is 2.04. The normalized spacial score (nSPS) is 13.1. The van der Waals surface area contributed by atoms with Gasteiger partial charge in [0.2, 0.25) is 0 Å². The van der Waals surface area contributed by atoms with E-state index in [1.165, 1.54) is 5.56 Å². The number of ether oxygens (including phenoxy) is 1. The number of hydrogen-bond donors (Lipinski definition) is 1. The smallest absolute Gasteiger partial charge is 0.0829 e. The fourth-order valence-corrected chi connectivity index (χ4v) is 1.39. The summed E-state index contributed by atoms with van der Waals surface area (Å²) in [5.41, 5.74) is 2.13. The summed E-state index contributed by atoms with van der Waals surface area (Å²) in [5, 5.41) is 9.71. The van der Waals surface area contributed by atoms with Crippen molar-refractivity contribution >= 4 is 0 Å². The highest BCUT2D eigenvalue weighted by atomic mass is 16.5. The van der Waals surface area contributed by atoms with E-state index in [1.807, 2.05) is 26.1 Å². The molecule has 0 saturated carbocycles. The Bertz CT molecular complexity index is 295. The maximum Gasteiger partial charge on any atom is 0.0829 e. The summed E-state index contributed by atoms with van der Waals surface area (Å²) in [6.07, 6.45) is 3.10. The van der Waals surface area contributed by atoms with E-state index in [0.29, 0.717) is 13.0 Å². The molecule has 16 heavy (non-hydrogen) atoms. The zero-order valence-electron chi connectivity index (χ0n) is 10.3. The summed E-state index contributed by atoms with van der Waals surface area (Å²) < 4.78 is 5.34. The minimum Gasteiger partial charge on any atom is -0.390 e. The first-order valence-electron chi connectivity index (χ1n) is 5.85. The molecule has 0 fully saturated rings. The Morgan fingerprint density at radius 3 is 2.62 bits per heavy atom. The Labute approximate surface area is 97.5 Å². The molecule has 0 radical (unpaired) electrons. The molecule has 0 bridgehead atoms. The highest BCUT2D eigenvalue weighted by Gasteiger charge is 2.07. The van der Waals surface area contributed by atoms with Gasteiger partial charge in [-0.2, -0.15) is 0 Å². The van der Waals surface area contributed by atoms with E-state index in [-0.39, 0.29) is 6.10 Å². The minimum absolute atomic E-state index is 0.157. The van der Waals surface area contributed by atoms with Crippen molar-refractivity contribution in [3.8, 4) is 0 Å². The molecule has 0 aliphatic heterocycles. The number of pyridine rings is 1. The Kier molecular flexibility index (Phi) is 5.43. The van der Waals surface area contributed by atoms with Gasteiger partial charge >= 0.3 is 0 Å². The van der Waals surface area contributed by atoms with Crippen molar-refractivity contribution < 1.29 is 9.84 Å². The molecule has 0 aliphatic rings. The van der Waals surface area contributed by atoms with Crippen molar-refractivity contribution in [3.63, 3.8) is 0 Å². The van der Waals surface area contributed by atoms with Crippen LogP contribution in [-0.4, -0.2) is 28.9 Å². The summed E-state index contributed by atoms with van der Waals surface area (Å²) in [5.74, 6) is 0. The van der Waals surface area contributed by atoms with Crippen LogP contribution in [0.1, 0.15) is 32.0 Å². The van der Waals surface area contributed by atoms with E-state index in [0.717, 1.165) is 12.1 Å². The quantitative estimate of drug-likeness (QED) is 0.801. The lowest BCUT2D eigenvalue weighted by Crippen LogP contribution is -2.21. The molecule has 1 heterocycles. The molecule has 90 valence electrons. The van der Waals surface area contributed by atoms with Crippen molar-refractivity contribution in [1.82, 2.24) is 4.98 Å². The van der Waals surface area contributed by atoms with Gasteiger partial charge in [-0.3, -0.25) is 4.98 Å². The van der Waals surface area contributed by atoms with Gasteiger partial charge in [-0.05, 0) is 31.9 Å². The van der Waals surface area contributed by atoms with Crippen LogP contribution in [0.2, 0.25) is 0 Å². The number of nitrogens with zero attached hydrogens (tertiary/aromatic N) is 1. The Morgan fingerprint density at radius 2 is 2.12 bits per heavy atom. The fourth-order valence-electron chi connectivity index (χ4n) is 1.39. The zero-order chi connectivity index (χ0) is 12.0. The van der Waals surface area contributed by atoms with Crippen LogP contribution in [0, 0.1) is 0 Å². The first-order chi connectivity index (χ1) is 7.61. The molecule has 1 unspecified atom stereocenters. The van der Waals surface area contributed by atoms with Crippen LogP contribution in [0.5, 0.6) is 0 Å². The predicted octanol–water partition coefficient (Wildman–Crippen LogP) is 1.97. The van der Waals surface area contributed by atoms with Gasteiger partial charge in [0, 0.05) is 18.3 Å². The van der Waals surface area contributed by atoms with Crippen LogP contribution >= 0.6 is 0 Å². The van der Waals surface area contributed by atoms with Gasteiger partial charge in [0.1, 0.15) is 0 Å². The van der Waals surface area contributed by atoms with E-state index < -0.39 is 6.10 Å². The number of aliphatic hydroxyl groups is 1. The molecule has 0 aromatic carbocycles. The number of aromatic nitrogens is 1. The van der Waals surface area contributed by atoms with Crippen molar-refractivity contribution in [2.45, 2.75) is 45.8 Å². The van der Waals surface area contributed by atoms with E-state index in [4.69, 9.17) is 4.74 Å². The third kappa shape index (κ3) is 4.73. The average molecular weight is 223 g/mol. The van der Waals surface area contributed by atoms with Crippen molar-refractivity contribution in [2.24, 2.45) is 0 Å². The third-order valence-electron chi connectivity index (χ3n) is 2.36. The monoisotopic (exact) mass is 223 g/mol. The molecular weight excluding hydrogens is 202 g/mol. The molecule has 1 N–H and O–H groups in total. The van der Waals surface area contributed by atoms with Gasteiger partial charge in [0.25, 0.3) is 0 Å². The van der Waals surface area contributed by atoms with Gasteiger partial charge in [-0.15, -0.1) is 0 Å². The lowest BCUT2D eigenvalue weighted by molar-refractivity contribution is 0.00586. The second-order valence-corrected chi connectivity index (χ2v) is 4.25. The fraction of sp³-hybridized carbons (Fsp3) is 0.615. The number of rotatable bonds is 6. The lowest BCUT2D eigenvalue weighted by atomic mass is 10.1. The standard InChI is InChI=1S/C13H21NO2/c1-4-11-5-6-12(14-8-11)7-13(15)9-16-10(2)3/h5-6,8,10,13,15H,4,7,9H2,1-3H3. The third-order valence-corrected chi connectivity index (χ3v) is 2.36. The number of aryl methyl sites for hydroxylation is 1. The van der Waals surface area contributed by atoms with Crippen LogP contribution in [0.4, 0.5) is 0 Å². The number of hydrogen-bond acceptors (Lipinski definition) is 3. The van der Waals surface area contributed by atoms with Crippen LogP contribution in [0.25, 0.3) is 0 Å². The average Bonchev–Trinajstić information content (AvgIpc) is 2.27. The van der Waals surface area contributed by atoms with Gasteiger partial charge < -0.3 is 9.84 Å². The van der Waals surface area contributed by atoms with E-state index in [9.17, 15) is 5.11 Å². The maximum absolute atomic E-state index is 9.71. The molecule has 1 aromatic rings. The predicted molar refractivity (Wildman–Crippen MR) is 64.4 cm³/mol. The Hall–Kier alpha value is -0.930. The van der Waals surface area contributed by atoms with Crippen molar-refractivity contribution in [1.29, 1.82) is 0 Å². The molecular formula is C13H21NO2. The van der Waals surface area contributed by atoms with Crippen LogP contribution in [0.3, 0.4) is 0 Å². The van der Waals surface area contributed by atoms with Crippen LogP contribution in [0.15, 0.2) is 18.3 Å². The molecule has 1 atom stereocenters. The SMILES string of the molecule is CCc1ccc(CC(O)COC(C)C)nc1. The van der Waals surface area contributed by atoms with Crippen LogP contribution in [-0.2, 0) is 17.6 Å². The van der Waals surface area contributed by atoms with E-state index in [1.54, 1.807) is 0 Å². The van der Waals surface area contributed by atoms with Crippen molar-refractivity contribution in [2.75, 3.05) is 6.61 Å². The molecule has 0 saturated heterocycles. The zero-order valence-corrected chi connectivity index (χ0v) is 10.3. The molecule has 0 aliphatic carbocycles. The Balaban J connectivity index is 2.40. The van der Waals surface area contributed by atoms with Crippen molar-refractivity contribution in [3.05, 3.63) is 29.6 Å². The molecule has 0 spiro atoms. The topological polar surface area (TPSA) is 42.4 Å². The van der Waals surface area contributed by atoms with Gasteiger partial charge in [0.15, 0.2) is 0 Å². The lowest BCUT2D eigenvalue weighted by Gasteiger charge is -2.13. The van der Waals surface area contributed by atoms with E-state index in [2.05, 4.69) is 18.0 Å². The number of aliphatic hydroxyl groups excluding tert-OH is 1. The maximum atomic E-state index is 9.71. The second-order valence-electron chi connectivity index (χ2n) is 4.25. The molecule has 1 aromatic heterocycles. The highest BCUT2D eigenvalue weighted by molar-refractivity contribution is 5.14. The van der Waals surface area contributed by atoms with E-state index >= 15 is 0 Å². The minimum atomic E-state index is -0.470. The molecule has 1 rings (SSSR count). The van der Waals surface area contributed by atoms with Gasteiger partial charge in [-0.1, -0.05) is 13.0 Å². The van der Waals surface area contributed by atoms with Crippen LogP contribution < -0.4 is 0 Å². The van der Waals surface area contributed by atoms with Gasteiger partial charge in [-0.25, -0.2) is 0 Å². The molecule has 0 amide bonds. The molecule has 3 nitrogen and oxygen atoms in total. The van der Waals surface area contributed by atoms with Gasteiger partial charge in [0.05, 0.1) is 18.8 Å². The summed E-state index contributed by atoms with van der Waals surface area (Å²) in [7, 11) is 0. The molecule has 3 heteroatoms. The Morgan fingerprint density at radius 1 is 1.38 bits per heavy atom. The summed E-state index contributed by atoms with van der Waals surface area (Å²) in [6.45, 7) is 6.39.